The van der Waals surface area contributed by atoms with Gasteiger partial charge in [0.25, 0.3) is 5.91 Å². The normalized spacial score (nSPS) is 16.0. The van der Waals surface area contributed by atoms with E-state index in [2.05, 4.69) is 33.9 Å². The molecule has 34 heavy (non-hydrogen) atoms. The Kier molecular flexibility index (Phi) is 6.50. The lowest BCUT2D eigenvalue weighted by atomic mass is 10.1. The van der Waals surface area contributed by atoms with E-state index in [0.717, 1.165) is 28.7 Å². The highest BCUT2D eigenvalue weighted by molar-refractivity contribution is 6.06. The molecule has 0 radical (unpaired) electrons. The number of nitrogens with zero attached hydrogens (tertiary/aromatic N) is 3. The van der Waals surface area contributed by atoms with Gasteiger partial charge >= 0.3 is 6.03 Å². The Hall–Kier alpha value is -3.55. The Morgan fingerprint density at radius 1 is 1.18 bits per heavy atom. The summed E-state index contributed by atoms with van der Waals surface area (Å²) in [5, 5.41) is 10.5. The number of carbonyl (C=O) groups is 2. The van der Waals surface area contributed by atoms with Crippen molar-refractivity contribution in [1.82, 2.24) is 19.8 Å². The van der Waals surface area contributed by atoms with Gasteiger partial charge in [0.15, 0.2) is 0 Å². The average Bonchev–Trinajstić information content (AvgIpc) is 3.39. The van der Waals surface area contributed by atoms with Crippen LogP contribution in [0.5, 0.6) is 0 Å². The highest BCUT2D eigenvalue weighted by Crippen LogP contribution is 2.24. The molecule has 0 aliphatic carbocycles. The van der Waals surface area contributed by atoms with Gasteiger partial charge in [0.05, 0.1) is 11.9 Å². The smallest absolute Gasteiger partial charge is 0.317 e. The minimum atomic E-state index is -0.255. The summed E-state index contributed by atoms with van der Waals surface area (Å²) >= 11 is 0. The third-order valence-corrected chi connectivity index (χ3v) is 6.04. The standard InChI is InChI=1S/C26H34N6O2/c1-6-32-21-9-7-8-17(2)20(21)14-22(32)24(33)29-18-10-11-23(27-15-18)28-19-12-13-31(16-19)25(34)30-26(3,4)5/h7-11,14-15,19H,6,12-13,16H2,1-5H3,(H,27,28)(H,29,33)(H,30,34)/t19-/m0/s1. The van der Waals surface area contributed by atoms with Crippen LogP contribution in [0.2, 0.25) is 0 Å². The van der Waals surface area contributed by atoms with E-state index in [9.17, 15) is 9.59 Å². The summed E-state index contributed by atoms with van der Waals surface area (Å²) < 4.78 is 2.03. The van der Waals surface area contributed by atoms with Crippen LogP contribution in [0.15, 0.2) is 42.6 Å². The molecule has 2 aromatic heterocycles. The maximum absolute atomic E-state index is 13.0. The number of amides is 3. The van der Waals surface area contributed by atoms with Crippen molar-refractivity contribution in [2.75, 3.05) is 23.7 Å². The Balaban J connectivity index is 1.37. The van der Waals surface area contributed by atoms with Crippen LogP contribution in [-0.2, 0) is 6.54 Å². The first-order valence-corrected chi connectivity index (χ1v) is 11.8. The molecule has 0 bridgehead atoms. The van der Waals surface area contributed by atoms with E-state index in [1.54, 1.807) is 6.20 Å². The molecule has 0 unspecified atom stereocenters. The third kappa shape index (κ3) is 5.16. The van der Waals surface area contributed by atoms with Gasteiger partial charge in [0.1, 0.15) is 11.5 Å². The van der Waals surface area contributed by atoms with Gasteiger partial charge < -0.3 is 25.4 Å². The number of anilines is 2. The van der Waals surface area contributed by atoms with Gasteiger partial charge in [0, 0.05) is 42.1 Å². The lowest BCUT2D eigenvalue weighted by Crippen LogP contribution is -2.48. The fourth-order valence-corrected chi connectivity index (χ4v) is 4.38. The van der Waals surface area contributed by atoms with Gasteiger partial charge in [-0.3, -0.25) is 4.79 Å². The molecule has 1 fully saturated rings. The van der Waals surface area contributed by atoms with Crippen LogP contribution in [0, 0.1) is 6.92 Å². The largest absolute Gasteiger partial charge is 0.365 e. The topological polar surface area (TPSA) is 91.3 Å². The number of aromatic nitrogens is 2. The fraction of sp³-hybridized carbons (Fsp3) is 0.423. The summed E-state index contributed by atoms with van der Waals surface area (Å²) in [5.74, 6) is 0.565. The SMILES string of the molecule is CCn1c(C(=O)Nc2ccc(N[C@H]3CCN(C(=O)NC(C)(C)C)C3)nc2)cc2c(C)cccc21. The number of hydrogen-bond acceptors (Lipinski definition) is 4. The molecule has 1 atom stereocenters. The Labute approximate surface area is 200 Å². The average molecular weight is 463 g/mol. The first-order valence-electron chi connectivity index (χ1n) is 11.8. The molecule has 1 aromatic carbocycles. The molecule has 1 saturated heterocycles. The highest BCUT2D eigenvalue weighted by atomic mass is 16.2. The number of likely N-dealkylation sites (tertiary alicyclic amines) is 1. The van der Waals surface area contributed by atoms with Crippen molar-refractivity contribution in [3.05, 3.63) is 53.9 Å². The summed E-state index contributed by atoms with van der Waals surface area (Å²) in [7, 11) is 0. The van der Waals surface area contributed by atoms with Crippen LogP contribution in [-0.4, -0.2) is 51.1 Å². The minimum absolute atomic E-state index is 0.0393. The zero-order chi connectivity index (χ0) is 24.5. The van der Waals surface area contributed by atoms with Crippen LogP contribution in [0.25, 0.3) is 10.9 Å². The van der Waals surface area contributed by atoms with Crippen LogP contribution in [0.3, 0.4) is 0 Å². The maximum Gasteiger partial charge on any atom is 0.317 e. The summed E-state index contributed by atoms with van der Waals surface area (Å²) in [5.41, 5.74) is 3.23. The first-order chi connectivity index (χ1) is 16.1. The van der Waals surface area contributed by atoms with E-state index >= 15 is 0 Å². The predicted octanol–water partition coefficient (Wildman–Crippen LogP) is 4.61. The van der Waals surface area contributed by atoms with Gasteiger partial charge in [0.2, 0.25) is 0 Å². The maximum atomic E-state index is 13.0. The lowest BCUT2D eigenvalue weighted by Gasteiger charge is -2.25. The van der Waals surface area contributed by atoms with Gasteiger partial charge in [-0.05, 0) is 70.9 Å². The van der Waals surface area contributed by atoms with E-state index < -0.39 is 0 Å². The van der Waals surface area contributed by atoms with Gasteiger partial charge in [-0.2, -0.15) is 0 Å². The van der Waals surface area contributed by atoms with E-state index in [1.165, 1.54) is 0 Å². The number of aryl methyl sites for hydroxylation is 2. The van der Waals surface area contributed by atoms with E-state index in [-0.39, 0.29) is 23.5 Å². The second-order valence-electron chi connectivity index (χ2n) is 9.92. The minimum Gasteiger partial charge on any atom is -0.365 e. The molecule has 0 spiro atoms. The summed E-state index contributed by atoms with van der Waals surface area (Å²) in [4.78, 5) is 31.7. The number of carbonyl (C=O) groups excluding carboxylic acids is 2. The molecule has 0 saturated carbocycles. The summed E-state index contributed by atoms with van der Waals surface area (Å²) in [6.45, 7) is 12.1. The van der Waals surface area contributed by atoms with E-state index in [1.807, 2.05) is 67.5 Å². The van der Waals surface area contributed by atoms with Gasteiger partial charge in [-0.15, -0.1) is 0 Å². The molecule has 8 heteroatoms. The Morgan fingerprint density at radius 2 is 1.97 bits per heavy atom. The second kappa shape index (κ2) is 9.37. The fourth-order valence-electron chi connectivity index (χ4n) is 4.38. The van der Waals surface area contributed by atoms with Crippen molar-refractivity contribution in [3.63, 3.8) is 0 Å². The molecule has 1 aliphatic rings. The van der Waals surface area contributed by atoms with Crippen molar-refractivity contribution in [2.24, 2.45) is 0 Å². The molecule has 4 rings (SSSR count). The number of rotatable bonds is 5. The van der Waals surface area contributed by atoms with Crippen LogP contribution >= 0.6 is 0 Å². The van der Waals surface area contributed by atoms with Crippen LogP contribution in [0.1, 0.15) is 50.2 Å². The molecule has 180 valence electrons. The monoisotopic (exact) mass is 462 g/mol. The van der Waals surface area contributed by atoms with Gasteiger partial charge in [-0.25, -0.2) is 9.78 Å². The highest BCUT2D eigenvalue weighted by Gasteiger charge is 2.28. The van der Waals surface area contributed by atoms with Crippen LogP contribution < -0.4 is 16.0 Å². The number of hydrogen-bond donors (Lipinski definition) is 3. The molecule has 3 heterocycles. The number of pyridine rings is 1. The number of benzene rings is 1. The summed E-state index contributed by atoms with van der Waals surface area (Å²) in [6, 6.07) is 11.9. The van der Waals surface area contributed by atoms with Gasteiger partial charge in [-0.1, -0.05) is 12.1 Å². The van der Waals surface area contributed by atoms with Crippen LogP contribution in [0.4, 0.5) is 16.3 Å². The first kappa shape index (κ1) is 23.6. The molecule has 8 nitrogen and oxygen atoms in total. The quantitative estimate of drug-likeness (QED) is 0.516. The zero-order valence-corrected chi connectivity index (χ0v) is 20.6. The van der Waals surface area contributed by atoms with E-state index in [4.69, 9.17) is 0 Å². The van der Waals surface area contributed by atoms with Crippen molar-refractivity contribution < 1.29 is 9.59 Å². The number of fused-ring (bicyclic) bond motifs is 1. The van der Waals surface area contributed by atoms with Crippen molar-refractivity contribution in [2.45, 2.75) is 59.2 Å². The summed E-state index contributed by atoms with van der Waals surface area (Å²) in [6.07, 6.45) is 2.52. The Bertz CT molecular complexity index is 1190. The molecule has 3 aromatic rings. The third-order valence-electron chi connectivity index (χ3n) is 6.04. The van der Waals surface area contributed by atoms with E-state index in [0.29, 0.717) is 31.0 Å². The molecular weight excluding hydrogens is 428 g/mol. The second-order valence-corrected chi connectivity index (χ2v) is 9.92. The van der Waals surface area contributed by atoms with Crippen molar-refractivity contribution in [1.29, 1.82) is 0 Å². The number of nitrogens with one attached hydrogen (secondary N) is 3. The zero-order valence-electron chi connectivity index (χ0n) is 20.6. The molecule has 3 amide bonds. The molecular formula is C26H34N6O2. The van der Waals surface area contributed by atoms with Crippen molar-refractivity contribution >= 4 is 34.3 Å². The molecule has 1 aliphatic heterocycles. The lowest BCUT2D eigenvalue weighted by molar-refractivity contribution is 0.101. The predicted molar refractivity (Wildman–Crippen MR) is 136 cm³/mol. The molecule has 3 N–H and O–H groups in total. The Morgan fingerprint density at radius 3 is 2.65 bits per heavy atom. The van der Waals surface area contributed by atoms with Crippen molar-refractivity contribution in [3.8, 4) is 0 Å². The number of urea groups is 1.